The van der Waals surface area contributed by atoms with Crippen LogP contribution in [0, 0.1) is 0 Å². The maximum atomic E-state index is 5.95. The van der Waals surface area contributed by atoms with Crippen molar-refractivity contribution in [1.82, 2.24) is 4.90 Å². The Hall–Kier alpha value is -0.900. The first-order valence-electron chi connectivity index (χ1n) is 6.36. The standard InChI is InChI=1S/C14H22N2O/c1-16-7-5-14(6-8-16)17-11-13-4-2-3-12(9-13)10-15/h2-4,9,14H,5-8,10-11,15H2,1H3. The molecule has 0 aliphatic carbocycles. The molecule has 0 unspecified atom stereocenters. The van der Waals surface area contributed by atoms with Crippen LogP contribution in [0.1, 0.15) is 24.0 Å². The second-order valence-corrected chi connectivity index (χ2v) is 4.84. The third-order valence-corrected chi connectivity index (χ3v) is 3.38. The van der Waals surface area contributed by atoms with Gasteiger partial charge in [-0.1, -0.05) is 24.3 Å². The van der Waals surface area contributed by atoms with Gasteiger partial charge in [-0.05, 0) is 31.0 Å². The van der Waals surface area contributed by atoms with Crippen molar-refractivity contribution in [3.8, 4) is 0 Å². The Morgan fingerprint density at radius 2 is 2.00 bits per heavy atom. The van der Waals surface area contributed by atoms with Crippen LogP contribution >= 0.6 is 0 Å². The van der Waals surface area contributed by atoms with Crippen molar-refractivity contribution in [1.29, 1.82) is 0 Å². The smallest absolute Gasteiger partial charge is 0.0720 e. The summed E-state index contributed by atoms with van der Waals surface area (Å²) in [5, 5.41) is 0. The van der Waals surface area contributed by atoms with Crippen molar-refractivity contribution in [2.45, 2.75) is 32.1 Å². The average Bonchev–Trinajstić information content (AvgIpc) is 2.38. The molecule has 94 valence electrons. The Labute approximate surface area is 104 Å². The van der Waals surface area contributed by atoms with Crippen molar-refractivity contribution < 1.29 is 4.74 Å². The van der Waals surface area contributed by atoms with Gasteiger partial charge >= 0.3 is 0 Å². The fourth-order valence-corrected chi connectivity index (χ4v) is 2.21. The monoisotopic (exact) mass is 234 g/mol. The molecule has 1 fully saturated rings. The molecular formula is C14H22N2O. The predicted molar refractivity (Wildman–Crippen MR) is 69.6 cm³/mol. The van der Waals surface area contributed by atoms with Gasteiger partial charge in [0.15, 0.2) is 0 Å². The lowest BCUT2D eigenvalue weighted by atomic mass is 10.1. The summed E-state index contributed by atoms with van der Waals surface area (Å²) < 4.78 is 5.95. The lowest BCUT2D eigenvalue weighted by molar-refractivity contribution is 0.00211. The van der Waals surface area contributed by atoms with Crippen LogP contribution in [0.15, 0.2) is 24.3 Å². The zero-order valence-electron chi connectivity index (χ0n) is 10.6. The van der Waals surface area contributed by atoms with Crippen molar-refractivity contribution in [2.75, 3.05) is 20.1 Å². The Bertz CT molecular complexity index is 346. The number of nitrogens with zero attached hydrogens (tertiary/aromatic N) is 1. The van der Waals surface area contributed by atoms with Crippen molar-refractivity contribution >= 4 is 0 Å². The highest BCUT2D eigenvalue weighted by molar-refractivity contribution is 5.22. The molecule has 3 nitrogen and oxygen atoms in total. The molecule has 0 saturated carbocycles. The van der Waals surface area contributed by atoms with E-state index in [0.717, 1.165) is 25.9 Å². The molecule has 1 aliphatic heterocycles. The molecule has 3 heteroatoms. The first-order chi connectivity index (χ1) is 8.28. The molecule has 0 amide bonds. The van der Waals surface area contributed by atoms with E-state index in [1.54, 1.807) is 0 Å². The molecular weight excluding hydrogens is 212 g/mol. The molecule has 1 aromatic rings. The van der Waals surface area contributed by atoms with Gasteiger partial charge < -0.3 is 15.4 Å². The van der Waals surface area contributed by atoms with Crippen LogP contribution in [0.2, 0.25) is 0 Å². The zero-order chi connectivity index (χ0) is 12.1. The van der Waals surface area contributed by atoms with Crippen molar-refractivity contribution in [3.63, 3.8) is 0 Å². The predicted octanol–water partition coefficient (Wildman–Crippen LogP) is 1.76. The quantitative estimate of drug-likeness (QED) is 0.862. The summed E-state index contributed by atoms with van der Waals surface area (Å²) in [6.45, 7) is 3.60. The van der Waals surface area contributed by atoms with Crippen LogP contribution < -0.4 is 5.73 Å². The number of hydrogen-bond donors (Lipinski definition) is 1. The maximum Gasteiger partial charge on any atom is 0.0720 e. The van der Waals surface area contributed by atoms with Crippen LogP contribution in [0.5, 0.6) is 0 Å². The van der Waals surface area contributed by atoms with Crippen molar-refractivity contribution in [2.24, 2.45) is 5.73 Å². The minimum Gasteiger partial charge on any atom is -0.373 e. The van der Waals surface area contributed by atoms with E-state index in [1.165, 1.54) is 11.1 Å². The number of hydrogen-bond acceptors (Lipinski definition) is 3. The fourth-order valence-electron chi connectivity index (χ4n) is 2.21. The van der Waals surface area contributed by atoms with E-state index in [-0.39, 0.29) is 0 Å². The SMILES string of the molecule is CN1CCC(OCc2cccc(CN)c2)CC1. The molecule has 1 saturated heterocycles. The van der Waals surface area contributed by atoms with E-state index in [9.17, 15) is 0 Å². The number of piperidine rings is 1. The summed E-state index contributed by atoms with van der Waals surface area (Å²) in [6.07, 6.45) is 2.72. The van der Waals surface area contributed by atoms with Crippen LogP contribution in [0.25, 0.3) is 0 Å². The molecule has 0 spiro atoms. The van der Waals surface area contributed by atoms with Crippen molar-refractivity contribution in [3.05, 3.63) is 35.4 Å². The van der Waals surface area contributed by atoms with Gasteiger partial charge in [0.2, 0.25) is 0 Å². The lowest BCUT2D eigenvalue weighted by Crippen LogP contribution is -2.34. The normalized spacial score (nSPS) is 18.5. The van der Waals surface area contributed by atoms with Gasteiger partial charge in [-0.15, -0.1) is 0 Å². The third kappa shape index (κ3) is 3.80. The largest absolute Gasteiger partial charge is 0.373 e. The highest BCUT2D eigenvalue weighted by Crippen LogP contribution is 2.15. The number of ether oxygens (including phenoxy) is 1. The maximum absolute atomic E-state index is 5.95. The van der Waals surface area contributed by atoms with E-state index in [2.05, 4.69) is 36.2 Å². The molecule has 0 atom stereocenters. The van der Waals surface area contributed by atoms with E-state index in [1.807, 2.05) is 0 Å². The number of likely N-dealkylation sites (tertiary alicyclic amines) is 1. The van der Waals surface area contributed by atoms with Gasteiger partial charge in [0.05, 0.1) is 12.7 Å². The highest BCUT2D eigenvalue weighted by atomic mass is 16.5. The highest BCUT2D eigenvalue weighted by Gasteiger charge is 2.16. The van der Waals surface area contributed by atoms with Crippen LogP contribution in [-0.4, -0.2) is 31.1 Å². The van der Waals surface area contributed by atoms with E-state index in [0.29, 0.717) is 19.3 Å². The van der Waals surface area contributed by atoms with Gasteiger partial charge in [-0.25, -0.2) is 0 Å². The topological polar surface area (TPSA) is 38.5 Å². The third-order valence-electron chi connectivity index (χ3n) is 3.38. The molecule has 17 heavy (non-hydrogen) atoms. The molecule has 1 aliphatic rings. The van der Waals surface area contributed by atoms with Crippen LogP contribution in [0.3, 0.4) is 0 Å². The average molecular weight is 234 g/mol. The van der Waals surface area contributed by atoms with Crippen LogP contribution in [0.4, 0.5) is 0 Å². The molecule has 2 N–H and O–H groups in total. The minimum absolute atomic E-state index is 0.424. The lowest BCUT2D eigenvalue weighted by Gasteiger charge is -2.28. The van der Waals surface area contributed by atoms with Gasteiger partial charge in [0, 0.05) is 19.6 Å². The molecule has 0 aromatic heterocycles. The second kappa shape index (κ2) is 6.15. The summed E-state index contributed by atoms with van der Waals surface area (Å²) in [4.78, 5) is 2.36. The minimum atomic E-state index is 0.424. The number of benzene rings is 1. The summed E-state index contributed by atoms with van der Waals surface area (Å²) in [7, 11) is 2.17. The van der Waals surface area contributed by atoms with Gasteiger partial charge in [0.25, 0.3) is 0 Å². The van der Waals surface area contributed by atoms with Gasteiger partial charge in [0.1, 0.15) is 0 Å². The molecule has 0 radical (unpaired) electrons. The van der Waals surface area contributed by atoms with E-state index >= 15 is 0 Å². The molecule has 2 rings (SSSR count). The Morgan fingerprint density at radius 3 is 2.71 bits per heavy atom. The number of nitrogens with two attached hydrogens (primary N) is 1. The zero-order valence-corrected chi connectivity index (χ0v) is 10.6. The fraction of sp³-hybridized carbons (Fsp3) is 0.571. The van der Waals surface area contributed by atoms with Crippen LogP contribution in [-0.2, 0) is 17.9 Å². The molecule has 1 heterocycles. The van der Waals surface area contributed by atoms with Gasteiger partial charge in [-0.3, -0.25) is 0 Å². The summed E-state index contributed by atoms with van der Waals surface area (Å²) in [6, 6.07) is 8.34. The molecule has 0 bridgehead atoms. The Balaban J connectivity index is 1.81. The molecule has 1 aromatic carbocycles. The van der Waals surface area contributed by atoms with Gasteiger partial charge in [-0.2, -0.15) is 0 Å². The first kappa shape index (κ1) is 12.6. The number of rotatable bonds is 4. The summed E-state index contributed by atoms with van der Waals surface area (Å²) >= 11 is 0. The summed E-state index contributed by atoms with van der Waals surface area (Å²) in [5.74, 6) is 0. The Kier molecular flexibility index (Phi) is 4.54. The van der Waals surface area contributed by atoms with E-state index < -0.39 is 0 Å². The Morgan fingerprint density at radius 1 is 1.29 bits per heavy atom. The van der Waals surface area contributed by atoms with E-state index in [4.69, 9.17) is 10.5 Å². The first-order valence-corrected chi connectivity index (χ1v) is 6.36. The summed E-state index contributed by atoms with van der Waals surface area (Å²) in [5.41, 5.74) is 8.03. The second-order valence-electron chi connectivity index (χ2n) is 4.84.